The average molecular weight is 234 g/mol. The molecule has 0 unspecified atom stereocenters. The predicted octanol–water partition coefficient (Wildman–Crippen LogP) is 1.48. The van der Waals surface area contributed by atoms with Crippen molar-refractivity contribution in [1.82, 2.24) is 15.1 Å². The number of ether oxygens (including phenoxy) is 1. The van der Waals surface area contributed by atoms with E-state index in [1.165, 1.54) is 0 Å². The monoisotopic (exact) mass is 234 g/mol. The molecule has 6 nitrogen and oxygen atoms in total. The standard InChI is InChI=1S/C11H14N4O2/c1-6-10(7(2)17-15-6)11-13-4-8(12)9(14-11)5-16-3/h4H,5,12H2,1-3H3. The van der Waals surface area contributed by atoms with E-state index < -0.39 is 0 Å². The molecule has 0 atom stereocenters. The van der Waals surface area contributed by atoms with Crippen molar-refractivity contribution in [1.29, 1.82) is 0 Å². The highest BCUT2D eigenvalue weighted by atomic mass is 16.5. The molecule has 6 heteroatoms. The molecule has 0 radical (unpaired) electrons. The van der Waals surface area contributed by atoms with Gasteiger partial charge in [0.25, 0.3) is 0 Å². The maximum Gasteiger partial charge on any atom is 0.165 e. The first kappa shape index (κ1) is 11.5. The lowest BCUT2D eigenvalue weighted by Crippen LogP contribution is -2.03. The van der Waals surface area contributed by atoms with E-state index >= 15 is 0 Å². The summed E-state index contributed by atoms with van der Waals surface area (Å²) in [6.07, 6.45) is 1.57. The molecule has 0 fully saturated rings. The summed E-state index contributed by atoms with van der Waals surface area (Å²) < 4.78 is 10.1. The van der Waals surface area contributed by atoms with Gasteiger partial charge in [0.15, 0.2) is 5.82 Å². The van der Waals surface area contributed by atoms with Crippen molar-refractivity contribution in [2.24, 2.45) is 0 Å². The van der Waals surface area contributed by atoms with Gasteiger partial charge in [0, 0.05) is 7.11 Å². The van der Waals surface area contributed by atoms with Crippen molar-refractivity contribution in [2.45, 2.75) is 20.5 Å². The summed E-state index contributed by atoms with van der Waals surface area (Å²) in [5.74, 6) is 1.25. The molecule has 0 aliphatic heterocycles. The Balaban J connectivity index is 2.50. The Morgan fingerprint density at radius 3 is 2.76 bits per heavy atom. The SMILES string of the molecule is COCc1nc(-c2c(C)noc2C)ncc1N. The molecule has 0 spiro atoms. The van der Waals surface area contributed by atoms with Crippen molar-refractivity contribution >= 4 is 5.69 Å². The first-order chi connectivity index (χ1) is 8.13. The predicted molar refractivity (Wildman–Crippen MR) is 62.1 cm³/mol. The van der Waals surface area contributed by atoms with Gasteiger partial charge in [-0.25, -0.2) is 9.97 Å². The molecule has 17 heavy (non-hydrogen) atoms. The topological polar surface area (TPSA) is 87.1 Å². The number of hydrogen-bond donors (Lipinski definition) is 1. The van der Waals surface area contributed by atoms with E-state index in [1.54, 1.807) is 13.3 Å². The number of aryl methyl sites for hydroxylation is 2. The molecule has 0 aliphatic carbocycles. The van der Waals surface area contributed by atoms with E-state index in [1.807, 2.05) is 13.8 Å². The number of aromatic nitrogens is 3. The van der Waals surface area contributed by atoms with Gasteiger partial charge >= 0.3 is 0 Å². The van der Waals surface area contributed by atoms with E-state index in [4.69, 9.17) is 15.0 Å². The van der Waals surface area contributed by atoms with E-state index in [0.717, 1.165) is 11.3 Å². The Hall–Kier alpha value is -1.95. The highest BCUT2D eigenvalue weighted by Gasteiger charge is 2.15. The summed E-state index contributed by atoms with van der Waals surface area (Å²) in [6.45, 7) is 4.03. The Bertz CT molecular complexity index is 517. The minimum atomic E-state index is 0.352. The normalized spacial score (nSPS) is 10.8. The minimum Gasteiger partial charge on any atom is -0.396 e. The van der Waals surface area contributed by atoms with Gasteiger partial charge in [-0.2, -0.15) is 0 Å². The van der Waals surface area contributed by atoms with Crippen molar-refractivity contribution in [2.75, 3.05) is 12.8 Å². The third kappa shape index (κ3) is 2.12. The number of rotatable bonds is 3. The molecule has 0 aromatic carbocycles. The molecule has 2 aromatic heterocycles. The lowest BCUT2D eigenvalue weighted by atomic mass is 10.2. The van der Waals surface area contributed by atoms with Crippen LogP contribution in [0.1, 0.15) is 17.1 Å². The quantitative estimate of drug-likeness (QED) is 0.865. The molecule has 90 valence electrons. The molecule has 2 aromatic rings. The molecule has 0 bridgehead atoms. The van der Waals surface area contributed by atoms with Crippen molar-refractivity contribution in [3.8, 4) is 11.4 Å². The van der Waals surface area contributed by atoms with Crippen LogP contribution >= 0.6 is 0 Å². The smallest absolute Gasteiger partial charge is 0.165 e. The van der Waals surface area contributed by atoms with Gasteiger partial charge < -0.3 is 15.0 Å². The largest absolute Gasteiger partial charge is 0.396 e. The molecular formula is C11H14N4O2. The third-order valence-electron chi connectivity index (χ3n) is 2.44. The second kappa shape index (κ2) is 4.50. The summed E-state index contributed by atoms with van der Waals surface area (Å²) in [5.41, 5.74) is 8.51. The van der Waals surface area contributed by atoms with Gasteiger partial charge in [0.1, 0.15) is 5.76 Å². The van der Waals surface area contributed by atoms with Crippen LogP contribution < -0.4 is 5.73 Å². The van der Waals surface area contributed by atoms with Gasteiger partial charge in [-0.05, 0) is 13.8 Å². The molecule has 0 saturated heterocycles. The van der Waals surface area contributed by atoms with Gasteiger partial charge in [0.2, 0.25) is 0 Å². The maximum absolute atomic E-state index is 5.76. The average Bonchev–Trinajstić information content (AvgIpc) is 2.63. The highest BCUT2D eigenvalue weighted by Crippen LogP contribution is 2.24. The molecule has 0 aliphatic rings. The first-order valence-corrected chi connectivity index (χ1v) is 5.17. The number of methoxy groups -OCH3 is 1. The lowest BCUT2D eigenvalue weighted by Gasteiger charge is -2.05. The molecule has 0 amide bonds. The minimum absolute atomic E-state index is 0.352. The van der Waals surface area contributed by atoms with E-state index in [-0.39, 0.29) is 0 Å². The fourth-order valence-electron chi connectivity index (χ4n) is 1.60. The number of anilines is 1. The van der Waals surface area contributed by atoms with Crippen LogP contribution in [0.5, 0.6) is 0 Å². The highest BCUT2D eigenvalue weighted by molar-refractivity contribution is 5.61. The molecule has 2 N–H and O–H groups in total. The lowest BCUT2D eigenvalue weighted by molar-refractivity contribution is 0.182. The fraction of sp³-hybridized carbons (Fsp3) is 0.364. The van der Waals surface area contributed by atoms with E-state index in [0.29, 0.717) is 29.6 Å². The Kier molecular flexibility index (Phi) is 3.06. The van der Waals surface area contributed by atoms with Crippen molar-refractivity contribution in [3.63, 3.8) is 0 Å². The summed E-state index contributed by atoms with van der Waals surface area (Å²) in [4.78, 5) is 8.56. The fourth-order valence-corrected chi connectivity index (χ4v) is 1.60. The van der Waals surface area contributed by atoms with E-state index in [9.17, 15) is 0 Å². The summed E-state index contributed by atoms with van der Waals surface area (Å²) in [6, 6.07) is 0. The zero-order valence-electron chi connectivity index (χ0n) is 10.0. The molecule has 2 rings (SSSR count). The van der Waals surface area contributed by atoms with Crippen molar-refractivity contribution < 1.29 is 9.26 Å². The number of nitrogens with zero attached hydrogens (tertiary/aromatic N) is 3. The van der Waals surface area contributed by atoms with Crippen LogP contribution in [-0.4, -0.2) is 22.2 Å². The van der Waals surface area contributed by atoms with Gasteiger partial charge in [-0.1, -0.05) is 5.16 Å². The van der Waals surface area contributed by atoms with Crippen LogP contribution in [0.15, 0.2) is 10.7 Å². The first-order valence-electron chi connectivity index (χ1n) is 5.17. The molecular weight excluding hydrogens is 220 g/mol. The zero-order chi connectivity index (χ0) is 12.4. The van der Waals surface area contributed by atoms with Gasteiger partial charge in [-0.15, -0.1) is 0 Å². The van der Waals surface area contributed by atoms with Gasteiger partial charge in [0.05, 0.1) is 35.4 Å². The number of nitrogen functional groups attached to an aromatic ring is 1. The summed E-state index contributed by atoms with van der Waals surface area (Å²) in [7, 11) is 1.59. The Morgan fingerprint density at radius 2 is 2.18 bits per heavy atom. The molecule has 0 saturated carbocycles. The van der Waals surface area contributed by atoms with E-state index in [2.05, 4.69) is 15.1 Å². The Morgan fingerprint density at radius 1 is 1.41 bits per heavy atom. The summed E-state index contributed by atoms with van der Waals surface area (Å²) >= 11 is 0. The van der Waals surface area contributed by atoms with Crippen LogP contribution in [0.2, 0.25) is 0 Å². The molecule has 2 heterocycles. The second-order valence-corrected chi connectivity index (χ2v) is 3.73. The van der Waals surface area contributed by atoms with Crippen LogP contribution in [0.4, 0.5) is 5.69 Å². The zero-order valence-corrected chi connectivity index (χ0v) is 10.0. The van der Waals surface area contributed by atoms with Crippen LogP contribution in [0.25, 0.3) is 11.4 Å². The summed E-state index contributed by atoms with van der Waals surface area (Å²) in [5, 5.41) is 3.87. The van der Waals surface area contributed by atoms with Crippen molar-refractivity contribution in [3.05, 3.63) is 23.3 Å². The third-order valence-corrected chi connectivity index (χ3v) is 2.44. The van der Waals surface area contributed by atoms with Crippen LogP contribution in [0, 0.1) is 13.8 Å². The number of nitrogens with two attached hydrogens (primary N) is 1. The Labute approximate surface area is 98.8 Å². The maximum atomic E-state index is 5.76. The number of hydrogen-bond acceptors (Lipinski definition) is 6. The van der Waals surface area contributed by atoms with Crippen LogP contribution in [0.3, 0.4) is 0 Å². The second-order valence-electron chi connectivity index (χ2n) is 3.73. The van der Waals surface area contributed by atoms with Gasteiger partial charge in [-0.3, -0.25) is 0 Å². The van der Waals surface area contributed by atoms with Crippen LogP contribution in [-0.2, 0) is 11.3 Å².